The number of aliphatic hydroxyl groups excluding tert-OH is 1. The second kappa shape index (κ2) is 6.02. The molecule has 0 aromatic carbocycles. The van der Waals surface area contributed by atoms with Gasteiger partial charge in [-0.1, -0.05) is 6.92 Å². The van der Waals surface area contributed by atoms with Crippen molar-refractivity contribution < 1.29 is 5.11 Å². The van der Waals surface area contributed by atoms with Crippen LogP contribution < -0.4 is 5.32 Å². The highest BCUT2D eigenvalue weighted by Gasteiger charge is 2.25. The molecule has 1 fully saturated rings. The molecular formula is C18H25N3OS. The Morgan fingerprint density at radius 2 is 1.91 bits per heavy atom. The van der Waals surface area contributed by atoms with Gasteiger partial charge in [-0.3, -0.25) is 0 Å². The van der Waals surface area contributed by atoms with Crippen LogP contribution in [0.25, 0.3) is 10.2 Å². The summed E-state index contributed by atoms with van der Waals surface area (Å²) in [5.74, 6) is 2.66. The van der Waals surface area contributed by atoms with Gasteiger partial charge in [0.05, 0.1) is 11.5 Å². The minimum atomic E-state index is -0.115. The fraction of sp³-hybridized carbons (Fsp3) is 0.667. The number of nitrogens with one attached hydrogen (secondary N) is 1. The Morgan fingerprint density at radius 1 is 1.13 bits per heavy atom. The van der Waals surface area contributed by atoms with Crippen LogP contribution in [0.15, 0.2) is 0 Å². The number of anilines is 1. The van der Waals surface area contributed by atoms with E-state index in [0.717, 1.165) is 54.5 Å². The summed E-state index contributed by atoms with van der Waals surface area (Å²) in [6.07, 6.45) is 7.32. The number of aromatic nitrogens is 2. The molecular weight excluding hydrogens is 306 g/mol. The van der Waals surface area contributed by atoms with E-state index < -0.39 is 0 Å². The zero-order chi connectivity index (χ0) is 16.0. The Bertz CT molecular complexity index is 719. The first-order chi connectivity index (χ1) is 11.1. The molecule has 2 N–H and O–H groups in total. The molecule has 0 radical (unpaired) electrons. The lowest BCUT2D eigenvalue weighted by atomic mass is 9.89. The van der Waals surface area contributed by atoms with Gasteiger partial charge in [0.25, 0.3) is 0 Å². The first-order valence-corrected chi connectivity index (χ1v) is 9.65. The van der Waals surface area contributed by atoms with Gasteiger partial charge in [-0.05, 0) is 63.4 Å². The van der Waals surface area contributed by atoms with E-state index in [-0.39, 0.29) is 6.10 Å². The minimum Gasteiger partial charge on any atom is -0.393 e. The summed E-state index contributed by atoms with van der Waals surface area (Å²) in [5, 5.41) is 14.7. The van der Waals surface area contributed by atoms with E-state index >= 15 is 0 Å². The van der Waals surface area contributed by atoms with Gasteiger partial charge in [-0.25, -0.2) is 9.97 Å². The number of aliphatic hydroxyl groups is 1. The van der Waals surface area contributed by atoms with Crippen molar-refractivity contribution in [1.82, 2.24) is 9.97 Å². The summed E-state index contributed by atoms with van der Waals surface area (Å²) in [7, 11) is 0. The molecule has 2 aromatic rings. The van der Waals surface area contributed by atoms with Gasteiger partial charge in [-0.15, -0.1) is 11.3 Å². The molecule has 124 valence electrons. The first-order valence-electron chi connectivity index (χ1n) is 8.83. The van der Waals surface area contributed by atoms with E-state index in [1.165, 1.54) is 28.7 Å². The maximum Gasteiger partial charge on any atom is 0.139 e. The normalized spacial score (nSPS) is 27.9. The van der Waals surface area contributed by atoms with Crippen molar-refractivity contribution >= 4 is 27.4 Å². The number of fused-ring (bicyclic) bond motifs is 3. The second-order valence-electron chi connectivity index (χ2n) is 7.30. The smallest absolute Gasteiger partial charge is 0.139 e. The van der Waals surface area contributed by atoms with Crippen LogP contribution in [0.1, 0.15) is 55.3 Å². The molecule has 0 bridgehead atoms. The molecule has 1 saturated carbocycles. The van der Waals surface area contributed by atoms with E-state index in [4.69, 9.17) is 9.97 Å². The predicted octanol–water partition coefficient (Wildman–Crippen LogP) is 3.84. The zero-order valence-electron chi connectivity index (χ0n) is 13.9. The van der Waals surface area contributed by atoms with Crippen LogP contribution in [0.5, 0.6) is 0 Å². The lowest BCUT2D eigenvalue weighted by Gasteiger charge is -2.27. The van der Waals surface area contributed by atoms with Crippen molar-refractivity contribution in [3.63, 3.8) is 0 Å². The molecule has 0 spiro atoms. The first kappa shape index (κ1) is 15.3. The Kier molecular flexibility index (Phi) is 4.01. The Balaban J connectivity index is 1.70. The molecule has 23 heavy (non-hydrogen) atoms. The highest BCUT2D eigenvalue weighted by Crippen LogP contribution is 2.40. The third kappa shape index (κ3) is 2.96. The van der Waals surface area contributed by atoms with Gasteiger partial charge in [0.2, 0.25) is 0 Å². The van der Waals surface area contributed by atoms with E-state index in [1.54, 1.807) is 0 Å². The molecule has 0 amide bonds. The minimum absolute atomic E-state index is 0.115. The summed E-state index contributed by atoms with van der Waals surface area (Å²) in [4.78, 5) is 12.1. The Labute approximate surface area is 141 Å². The van der Waals surface area contributed by atoms with Gasteiger partial charge in [0.15, 0.2) is 0 Å². The van der Waals surface area contributed by atoms with E-state index in [0.29, 0.717) is 6.04 Å². The third-order valence-electron chi connectivity index (χ3n) is 5.30. The molecule has 4 nitrogen and oxygen atoms in total. The average Bonchev–Trinajstić information content (AvgIpc) is 2.86. The Morgan fingerprint density at radius 3 is 2.70 bits per heavy atom. The molecule has 0 saturated heterocycles. The fourth-order valence-electron chi connectivity index (χ4n) is 3.97. The molecule has 5 heteroatoms. The molecule has 1 atom stereocenters. The van der Waals surface area contributed by atoms with Crippen LogP contribution in [-0.4, -0.2) is 27.2 Å². The van der Waals surface area contributed by atoms with Gasteiger partial charge in [-0.2, -0.15) is 0 Å². The van der Waals surface area contributed by atoms with Crippen molar-refractivity contribution in [3.8, 4) is 0 Å². The molecule has 2 heterocycles. The van der Waals surface area contributed by atoms with Crippen molar-refractivity contribution in [2.24, 2.45) is 5.92 Å². The van der Waals surface area contributed by atoms with Crippen molar-refractivity contribution in [2.45, 2.75) is 70.9 Å². The average molecular weight is 331 g/mol. The van der Waals surface area contributed by atoms with Crippen LogP contribution in [0, 0.1) is 12.8 Å². The quantitative estimate of drug-likeness (QED) is 0.878. The zero-order valence-corrected chi connectivity index (χ0v) is 14.7. The SMILES string of the molecule is Cc1nc(NC2CCC(O)CC2)c2c3c(sc2n1)C[C@@H](C)CC3. The van der Waals surface area contributed by atoms with Crippen LogP contribution in [0.4, 0.5) is 5.82 Å². The van der Waals surface area contributed by atoms with Crippen molar-refractivity contribution in [1.29, 1.82) is 0 Å². The number of hydrogen-bond acceptors (Lipinski definition) is 5. The van der Waals surface area contributed by atoms with Gasteiger partial charge in [0.1, 0.15) is 16.5 Å². The lowest BCUT2D eigenvalue weighted by Crippen LogP contribution is -2.28. The molecule has 2 aromatic heterocycles. The number of nitrogens with zero attached hydrogens (tertiary/aromatic N) is 2. The fourth-order valence-corrected chi connectivity index (χ4v) is 5.40. The summed E-state index contributed by atoms with van der Waals surface area (Å²) >= 11 is 1.86. The monoisotopic (exact) mass is 331 g/mol. The van der Waals surface area contributed by atoms with E-state index in [1.807, 2.05) is 18.3 Å². The number of aryl methyl sites for hydroxylation is 2. The van der Waals surface area contributed by atoms with Crippen LogP contribution in [-0.2, 0) is 12.8 Å². The maximum absolute atomic E-state index is 9.71. The van der Waals surface area contributed by atoms with Crippen molar-refractivity contribution in [2.75, 3.05) is 5.32 Å². The maximum atomic E-state index is 9.71. The van der Waals surface area contributed by atoms with Crippen LogP contribution >= 0.6 is 11.3 Å². The molecule has 2 aliphatic carbocycles. The third-order valence-corrected chi connectivity index (χ3v) is 6.45. The summed E-state index contributed by atoms with van der Waals surface area (Å²) in [6, 6.07) is 0.425. The highest BCUT2D eigenvalue weighted by molar-refractivity contribution is 7.19. The largest absolute Gasteiger partial charge is 0.393 e. The van der Waals surface area contributed by atoms with Gasteiger partial charge in [0, 0.05) is 10.9 Å². The summed E-state index contributed by atoms with van der Waals surface area (Å²) in [6.45, 7) is 4.33. The van der Waals surface area contributed by atoms with E-state index in [2.05, 4.69) is 12.2 Å². The highest BCUT2D eigenvalue weighted by atomic mass is 32.1. The predicted molar refractivity (Wildman–Crippen MR) is 95.2 cm³/mol. The molecule has 4 rings (SSSR count). The second-order valence-corrected chi connectivity index (χ2v) is 8.38. The summed E-state index contributed by atoms with van der Waals surface area (Å²) in [5.41, 5.74) is 1.49. The van der Waals surface area contributed by atoms with E-state index in [9.17, 15) is 5.11 Å². The van der Waals surface area contributed by atoms with Crippen molar-refractivity contribution in [3.05, 3.63) is 16.3 Å². The molecule has 0 aliphatic heterocycles. The number of rotatable bonds is 2. The van der Waals surface area contributed by atoms with Crippen LogP contribution in [0.3, 0.4) is 0 Å². The standard InChI is InChI=1S/C18H25N3OS/c1-10-3-8-14-15(9-10)23-18-16(14)17(19-11(2)20-18)21-12-4-6-13(22)7-5-12/h10,12-13,22H,3-9H2,1-2H3,(H,19,20,21)/t10-,12?,13?/m0/s1. The topological polar surface area (TPSA) is 58.0 Å². The van der Waals surface area contributed by atoms with Gasteiger partial charge < -0.3 is 10.4 Å². The molecule has 2 aliphatic rings. The Hall–Kier alpha value is -1.20. The van der Waals surface area contributed by atoms with Gasteiger partial charge >= 0.3 is 0 Å². The molecule has 0 unspecified atom stereocenters. The number of thiophene rings is 1. The number of hydrogen-bond donors (Lipinski definition) is 2. The lowest BCUT2D eigenvalue weighted by molar-refractivity contribution is 0.126. The summed E-state index contributed by atoms with van der Waals surface area (Å²) < 4.78 is 0. The van der Waals surface area contributed by atoms with Crippen LogP contribution in [0.2, 0.25) is 0 Å².